The zero-order valence-electron chi connectivity index (χ0n) is 9.69. The maximum Gasteiger partial charge on any atom is 0.140 e. The molecule has 1 fully saturated rings. The molecule has 1 aliphatic rings. The Morgan fingerprint density at radius 1 is 1.31 bits per heavy atom. The topological polar surface area (TPSA) is 57.4 Å². The molecule has 88 valence electrons. The number of anilines is 1. The largest absolute Gasteiger partial charge is 0.308 e. The molecule has 0 saturated carbocycles. The van der Waals surface area contributed by atoms with Crippen LogP contribution in [0.5, 0.6) is 0 Å². The summed E-state index contributed by atoms with van der Waals surface area (Å²) in [5, 5.41) is 0. The van der Waals surface area contributed by atoms with Gasteiger partial charge in [0.15, 0.2) is 0 Å². The van der Waals surface area contributed by atoms with Crippen LogP contribution < -0.4 is 11.3 Å². The first kappa shape index (κ1) is 11.3. The quantitative estimate of drug-likeness (QED) is 0.560. The Hall–Kier alpha value is -1.17. The van der Waals surface area contributed by atoms with Gasteiger partial charge in [0.05, 0.1) is 5.69 Å². The van der Waals surface area contributed by atoms with Gasteiger partial charge in [-0.2, -0.15) is 0 Å². The molecule has 1 aromatic rings. The summed E-state index contributed by atoms with van der Waals surface area (Å²) in [6, 6.07) is 5.89. The molecule has 0 unspecified atom stereocenters. The van der Waals surface area contributed by atoms with E-state index in [1.54, 1.807) is 0 Å². The molecule has 0 bridgehead atoms. The van der Waals surface area contributed by atoms with Crippen molar-refractivity contribution >= 4 is 5.82 Å². The molecule has 0 amide bonds. The lowest BCUT2D eigenvalue weighted by Gasteiger charge is -2.32. The smallest absolute Gasteiger partial charge is 0.140 e. The number of rotatable bonds is 3. The summed E-state index contributed by atoms with van der Waals surface area (Å²) in [5.41, 5.74) is 3.64. The van der Waals surface area contributed by atoms with Gasteiger partial charge >= 0.3 is 0 Å². The van der Waals surface area contributed by atoms with Crippen LogP contribution in [0.3, 0.4) is 0 Å². The first-order valence-corrected chi connectivity index (χ1v) is 5.61. The van der Waals surface area contributed by atoms with Crippen LogP contribution in [0.15, 0.2) is 18.2 Å². The fourth-order valence-corrected chi connectivity index (χ4v) is 1.88. The van der Waals surface area contributed by atoms with Crippen LogP contribution in [0.2, 0.25) is 0 Å². The molecule has 0 aliphatic carbocycles. The molecule has 5 heteroatoms. The lowest BCUT2D eigenvalue weighted by Crippen LogP contribution is -2.44. The number of likely N-dealkylation sites (N-methyl/N-ethyl adjacent to an activating group) is 1. The van der Waals surface area contributed by atoms with E-state index >= 15 is 0 Å². The molecule has 2 heterocycles. The second-order valence-corrected chi connectivity index (χ2v) is 4.24. The third-order valence-electron chi connectivity index (χ3n) is 2.94. The van der Waals surface area contributed by atoms with Crippen molar-refractivity contribution in [1.29, 1.82) is 0 Å². The van der Waals surface area contributed by atoms with Crippen molar-refractivity contribution in [3.63, 3.8) is 0 Å². The molecular weight excluding hydrogens is 202 g/mol. The zero-order valence-corrected chi connectivity index (χ0v) is 9.69. The Balaban J connectivity index is 1.93. The van der Waals surface area contributed by atoms with Crippen LogP contribution in [0.1, 0.15) is 5.69 Å². The average Bonchev–Trinajstić information content (AvgIpc) is 2.32. The molecular formula is C11H19N5. The highest BCUT2D eigenvalue weighted by Crippen LogP contribution is 2.08. The summed E-state index contributed by atoms with van der Waals surface area (Å²) in [6.07, 6.45) is 0. The summed E-state index contributed by atoms with van der Waals surface area (Å²) in [6.45, 7) is 5.39. The summed E-state index contributed by atoms with van der Waals surface area (Å²) in [4.78, 5) is 9.18. The Kier molecular flexibility index (Phi) is 3.71. The number of pyridine rings is 1. The van der Waals surface area contributed by atoms with Gasteiger partial charge in [-0.1, -0.05) is 6.07 Å². The van der Waals surface area contributed by atoms with E-state index in [1.807, 2.05) is 18.2 Å². The summed E-state index contributed by atoms with van der Waals surface area (Å²) in [5.74, 6) is 6.07. The van der Waals surface area contributed by atoms with Gasteiger partial charge in [-0.3, -0.25) is 4.90 Å². The maximum absolute atomic E-state index is 5.34. The fraction of sp³-hybridized carbons (Fsp3) is 0.545. The summed E-state index contributed by atoms with van der Waals surface area (Å²) < 4.78 is 0. The molecule has 1 aliphatic heterocycles. The summed E-state index contributed by atoms with van der Waals surface area (Å²) >= 11 is 0. The van der Waals surface area contributed by atoms with Gasteiger partial charge in [0.25, 0.3) is 0 Å². The van der Waals surface area contributed by atoms with Gasteiger partial charge in [-0.25, -0.2) is 10.8 Å². The number of nitrogens with one attached hydrogen (secondary N) is 1. The third kappa shape index (κ3) is 2.91. The van der Waals surface area contributed by atoms with Crippen molar-refractivity contribution in [3.8, 4) is 0 Å². The maximum atomic E-state index is 5.34. The van der Waals surface area contributed by atoms with E-state index in [4.69, 9.17) is 5.84 Å². The first-order chi connectivity index (χ1) is 7.78. The monoisotopic (exact) mass is 221 g/mol. The minimum atomic E-state index is 0.728. The van der Waals surface area contributed by atoms with E-state index in [0.29, 0.717) is 0 Å². The van der Waals surface area contributed by atoms with Crippen LogP contribution in [-0.2, 0) is 6.54 Å². The van der Waals surface area contributed by atoms with E-state index in [9.17, 15) is 0 Å². The van der Waals surface area contributed by atoms with E-state index in [-0.39, 0.29) is 0 Å². The fourth-order valence-electron chi connectivity index (χ4n) is 1.88. The lowest BCUT2D eigenvalue weighted by molar-refractivity contribution is 0.147. The Labute approximate surface area is 96.2 Å². The summed E-state index contributed by atoms with van der Waals surface area (Å²) in [7, 11) is 2.16. The predicted octanol–water partition coefficient (Wildman–Crippen LogP) is 0.115. The Morgan fingerprint density at radius 3 is 2.75 bits per heavy atom. The van der Waals surface area contributed by atoms with E-state index in [1.165, 1.54) is 0 Å². The van der Waals surface area contributed by atoms with E-state index < -0.39 is 0 Å². The van der Waals surface area contributed by atoms with Gasteiger partial charge in [-0.05, 0) is 19.2 Å². The van der Waals surface area contributed by atoms with Crippen molar-refractivity contribution < 1.29 is 0 Å². The van der Waals surface area contributed by atoms with Crippen LogP contribution in [0, 0.1) is 0 Å². The molecule has 16 heavy (non-hydrogen) atoms. The highest BCUT2D eigenvalue weighted by Gasteiger charge is 2.14. The van der Waals surface area contributed by atoms with Crippen LogP contribution >= 0.6 is 0 Å². The minimum Gasteiger partial charge on any atom is -0.308 e. The molecule has 0 atom stereocenters. The van der Waals surface area contributed by atoms with Crippen molar-refractivity contribution in [3.05, 3.63) is 23.9 Å². The number of hydrazine groups is 1. The molecule has 2 rings (SSSR count). The number of nitrogen functional groups attached to an aromatic ring is 1. The van der Waals surface area contributed by atoms with Crippen molar-refractivity contribution in [2.24, 2.45) is 5.84 Å². The average molecular weight is 221 g/mol. The third-order valence-corrected chi connectivity index (χ3v) is 2.94. The minimum absolute atomic E-state index is 0.728. The molecule has 3 N–H and O–H groups in total. The second kappa shape index (κ2) is 5.25. The number of nitrogens with zero attached hydrogens (tertiary/aromatic N) is 3. The molecule has 0 aromatic carbocycles. The zero-order chi connectivity index (χ0) is 11.4. The molecule has 5 nitrogen and oxygen atoms in total. The van der Waals surface area contributed by atoms with Crippen molar-refractivity contribution in [2.45, 2.75) is 6.54 Å². The molecule has 0 radical (unpaired) electrons. The predicted molar refractivity (Wildman–Crippen MR) is 64.8 cm³/mol. The molecule has 1 saturated heterocycles. The van der Waals surface area contributed by atoms with Gasteiger partial charge in [-0.15, -0.1) is 0 Å². The Bertz CT molecular complexity index is 333. The van der Waals surface area contributed by atoms with Gasteiger partial charge < -0.3 is 10.3 Å². The van der Waals surface area contributed by atoms with E-state index in [2.05, 4.69) is 27.3 Å². The van der Waals surface area contributed by atoms with Crippen molar-refractivity contribution in [2.75, 3.05) is 38.7 Å². The molecule has 0 spiro atoms. The van der Waals surface area contributed by atoms with Crippen LogP contribution in [-0.4, -0.2) is 48.0 Å². The van der Waals surface area contributed by atoms with Crippen molar-refractivity contribution in [1.82, 2.24) is 14.8 Å². The number of hydrogen-bond donors (Lipinski definition) is 2. The van der Waals surface area contributed by atoms with Crippen LogP contribution in [0.25, 0.3) is 0 Å². The highest BCUT2D eigenvalue weighted by atomic mass is 15.3. The first-order valence-electron chi connectivity index (χ1n) is 5.61. The SMILES string of the molecule is CN1CCN(Cc2cccc(NN)n2)CC1. The molecule has 1 aromatic heterocycles. The van der Waals surface area contributed by atoms with Gasteiger partial charge in [0.1, 0.15) is 5.82 Å². The second-order valence-electron chi connectivity index (χ2n) is 4.24. The van der Waals surface area contributed by atoms with Crippen LogP contribution in [0.4, 0.5) is 5.82 Å². The van der Waals surface area contributed by atoms with E-state index in [0.717, 1.165) is 44.2 Å². The number of aromatic nitrogens is 1. The normalized spacial score (nSPS) is 18.6. The lowest BCUT2D eigenvalue weighted by atomic mass is 10.3. The number of nitrogens with two attached hydrogens (primary N) is 1. The number of piperazine rings is 1. The number of hydrogen-bond acceptors (Lipinski definition) is 5. The highest BCUT2D eigenvalue weighted by molar-refractivity contribution is 5.33. The Morgan fingerprint density at radius 2 is 2.06 bits per heavy atom. The van der Waals surface area contributed by atoms with Gasteiger partial charge in [0.2, 0.25) is 0 Å². The van der Waals surface area contributed by atoms with Gasteiger partial charge in [0, 0.05) is 32.7 Å². The standard InChI is InChI=1S/C11H19N5/c1-15-5-7-16(8-6-15)9-10-3-2-4-11(13-10)14-12/h2-4H,5-9,12H2,1H3,(H,13,14).